The van der Waals surface area contributed by atoms with E-state index in [1.165, 1.54) is 6.42 Å². The number of nitrogen functional groups attached to an aromatic ring is 1. The van der Waals surface area contributed by atoms with Gasteiger partial charge in [0.2, 0.25) is 0 Å². The second-order valence-corrected chi connectivity index (χ2v) is 3.82. The number of carbonyl (C=O) groups is 1. The number of nitrogens with zero attached hydrogens (tertiary/aromatic N) is 1. The van der Waals surface area contributed by atoms with Gasteiger partial charge in [0, 0.05) is 24.1 Å². The zero-order chi connectivity index (χ0) is 9.97. The van der Waals surface area contributed by atoms with E-state index in [0.717, 1.165) is 18.4 Å². The summed E-state index contributed by atoms with van der Waals surface area (Å²) in [6.45, 7) is 0. The van der Waals surface area contributed by atoms with Crippen LogP contribution in [-0.4, -0.2) is 10.8 Å². The fourth-order valence-electron chi connectivity index (χ4n) is 1.66. The Morgan fingerprint density at radius 1 is 1.57 bits per heavy atom. The summed E-state index contributed by atoms with van der Waals surface area (Å²) in [6, 6.07) is 3.69. The maximum Gasteiger partial charge on any atom is 0.140 e. The average molecular weight is 190 g/mol. The number of aromatic nitrogens is 1. The highest BCUT2D eigenvalue weighted by molar-refractivity contribution is 5.84. The van der Waals surface area contributed by atoms with Crippen LogP contribution in [0.5, 0.6) is 0 Å². The van der Waals surface area contributed by atoms with Gasteiger partial charge in [-0.1, -0.05) is 12.5 Å². The number of anilines is 1. The Labute approximate surface area is 83.3 Å². The maximum absolute atomic E-state index is 11.7. The van der Waals surface area contributed by atoms with Crippen LogP contribution in [0, 0.1) is 5.92 Å². The molecule has 0 aromatic carbocycles. The lowest BCUT2D eigenvalue weighted by molar-refractivity contribution is -0.124. The molecule has 1 saturated carbocycles. The van der Waals surface area contributed by atoms with Gasteiger partial charge in [0.15, 0.2) is 0 Å². The fraction of sp³-hybridized carbons (Fsp3) is 0.455. The zero-order valence-electron chi connectivity index (χ0n) is 8.07. The van der Waals surface area contributed by atoms with Crippen LogP contribution in [-0.2, 0) is 11.2 Å². The Balaban J connectivity index is 2.03. The molecule has 14 heavy (non-hydrogen) atoms. The number of pyridine rings is 1. The van der Waals surface area contributed by atoms with Crippen LogP contribution < -0.4 is 5.73 Å². The van der Waals surface area contributed by atoms with Gasteiger partial charge < -0.3 is 5.73 Å². The molecule has 2 N–H and O–H groups in total. The minimum Gasteiger partial charge on any atom is -0.383 e. The number of rotatable bonds is 3. The van der Waals surface area contributed by atoms with Gasteiger partial charge in [-0.2, -0.15) is 0 Å². The lowest BCUT2D eigenvalue weighted by Gasteiger charge is -2.23. The Morgan fingerprint density at radius 3 is 2.93 bits per heavy atom. The van der Waals surface area contributed by atoms with Crippen LogP contribution in [0.25, 0.3) is 0 Å². The lowest BCUT2D eigenvalue weighted by Crippen LogP contribution is -2.23. The quantitative estimate of drug-likeness (QED) is 0.787. The third-order valence-corrected chi connectivity index (χ3v) is 2.85. The van der Waals surface area contributed by atoms with Crippen LogP contribution >= 0.6 is 0 Å². The van der Waals surface area contributed by atoms with Crippen molar-refractivity contribution in [1.29, 1.82) is 0 Å². The van der Waals surface area contributed by atoms with Gasteiger partial charge >= 0.3 is 0 Å². The van der Waals surface area contributed by atoms with Crippen molar-refractivity contribution in [3.63, 3.8) is 0 Å². The molecule has 3 heteroatoms. The van der Waals surface area contributed by atoms with Crippen molar-refractivity contribution in [1.82, 2.24) is 4.98 Å². The van der Waals surface area contributed by atoms with Crippen LogP contribution in [0.15, 0.2) is 18.3 Å². The molecule has 0 amide bonds. The Kier molecular flexibility index (Phi) is 2.48. The molecule has 1 heterocycles. The number of hydrogen-bond donors (Lipinski definition) is 1. The van der Waals surface area contributed by atoms with Crippen molar-refractivity contribution in [2.45, 2.75) is 25.7 Å². The van der Waals surface area contributed by atoms with Gasteiger partial charge in [-0.3, -0.25) is 4.79 Å². The zero-order valence-corrected chi connectivity index (χ0v) is 8.07. The first kappa shape index (κ1) is 9.19. The van der Waals surface area contributed by atoms with Crippen molar-refractivity contribution >= 4 is 11.6 Å². The summed E-state index contributed by atoms with van der Waals surface area (Å²) in [5, 5.41) is 0. The van der Waals surface area contributed by atoms with Crippen LogP contribution in [0.4, 0.5) is 5.82 Å². The van der Waals surface area contributed by atoms with Gasteiger partial charge in [0.1, 0.15) is 11.6 Å². The summed E-state index contributed by atoms with van der Waals surface area (Å²) >= 11 is 0. The molecular weight excluding hydrogens is 176 g/mol. The maximum atomic E-state index is 11.7. The number of hydrogen-bond acceptors (Lipinski definition) is 3. The molecule has 1 fully saturated rings. The lowest BCUT2D eigenvalue weighted by atomic mass is 9.80. The van der Waals surface area contributed by atoms with Gasteiger partial charge in [0.25, 0.3) is 0 Å². The molecule has 3 nitrogen and oxygen atoms in total. The van der Waals surface area contributed by atoms with Crippen LogP contribution in [0.3, 0.4) is 0 Å². The van der Waals surface area contributed by atoms with Crippen molar-refractivity contribution in [3.8, 4) is 0 Å². The molecule has 74 valence electrons. The minimum atomic E-state index is 0.287. The molecule has 0 saturated heterocycles. The van der Waals surface area contributed by atoms with Gasteiger partial charge in [-0.25, -0.2) is 4.98 Å². The fourth-order valence-corrected chi connectivity index (χ4v) is 1.66. The van der Waals surface area contributed by atoms with E-state index in [1.54, 1.807) is 6.20 Å². The molecule has 2 rings (SSSR count). The monoisotopic (exact) mass is 190 g/mol. The SMILES string of the molecule is Nc1ncccc1CC(=O)C1CCC1. The molecule has 1 aliphatic rings. The Bertz CT molecular complexity index is 345. The van der Waals surface area contributed by atoms with Gasteiger partial charge in [-0.05, 0) is 18.9 Å². The van der Waals surface area contributed by atoms with Crippen LogP contribution in [0.1, 0.15) is 24.8 Å². The van der Waals surface area contributed by atoms with Gasteiger partial charge in [-0.15, -0.1) is 0 Å². The minimum absolute atomic E-state index is 0.287. The molecule has 1 aromatic heterocycles. The summed E-state index contributed by atoms with van der Waals surface area (Å²) in [4.78, 5) is 15.6. The largest absolute Gasteiger partial charge is 0.383 e. The van der Waals surface area contributed by atoms with Crippen molar-refractivity contribution in [2.24, 2.45) is 5.92 Å². The van der Waals surface area contributed by atoms with E-state index in [9.17, 15) is 4.79 Å². The summed E-state index contributed by atoms with van der Waals surface area (Å²) in [6.07, 6.45) is 5.40. The third-order valence-electron chi connectivity index (χ3n) is 2.85. The molecular formula is C11H14N2O. The Morgan fingerprint density at radius 2 is 2.36 bits per heavy atom. The predicted molar refractivity (Wildman–Crippen MR) is 54.7 cm³/mol. The Hall–Kier alpha value is -1.38. The van der Waals surface area contributed by atoms with E-state index in [2.05, 4.69) is 4.98 Å². The van der Waals surface area contributed by atoms with Gasteiger partial charge in [0.05, 0.1) is 0 Å². The van der Waals surface area contributed by atoms with E-state index >= 15 is 0 Å². The smallest absolute Gasteiger partial charge is 0.140 e. The highest BCUT2D eigenvalue weighted by Crippen LogP contribution is 2.28. The number of Topliss-reactive ketones (excluding diaryl/α,β-unsaturated/α-hetero) is 1. The van der Waals surface area contributed by atoms with E-state index in [1.807, 2.05) is 12.1 Å². The second-order valence-electron chi connectivity index (χ2n) is 3.82. The molecule has 0 atom stereocenters. The third kappa shape index (κ3) is 1.76. The summed E-state index contributed by atoms with van der Waals surface area (Å²) in [7, 11) is 0. The van der Waals surface area contributed by atoms with E-state index < -0.39 is 0 Å². The molecule has 0 unspecified atom stereocenters. The predicted octanol–water partition coefficient (Wildman–Crippen LogP) is 1.58. The number of ketones is 1. The normalized spacial score (nSPS) is 16.3. The highest BCUT2D eigenvalue weighted by Gasteiger charge is 2.25. The summed E-state index contributed by atoms with van der Waals surface area (Å²) < 4.78 is 0. The molecule has 0 aliphatic heterocycles. The van der Waals surface area contributed by atoms with E-state index in [4.69, 9.17) is 5.73 Å². The summed E-state index contributed by atoms with van der Waals surface area (Å²) in [5.74, 6) is 1.09. The first-order chi connectivity index (χ1) is 6.77. The first-order valence-electron chi connectivity index (χ1n) is 4.99. The summed E-state index contributed by atoms with van der Waals surface area (Å²) in [5.41, 5.74) is 6.53. The van der Waals surface area contributed by atoms with E-state index in [0.29, 0.717) is 18.0 Å². The van der Waals surface area contributed by atoms with Crippen molar-refractivity contribution < 1.29 is 4.79 Å². The molecule has 0 bridgehead atoms. The first-order valence-corrected chi connectivity index (χ1v) is 4.99. The number of carbonyl (C=O) groups excluding carboxylic acids is 1. The average Bonchev–Trinajstić information content (AvgIpc) is 2.05. The van der Waals surface area contributed by atoms with Crippen molar-refractivity contribution in [2.75, 3.05) is 5.73 Å². The van der Waals surface area contributed by atoms with Crippen molar-refractivity contribution in [3.05, 3.63) is 23.9 Å². The highest BCUT2D eigenvalue weighted by atomic mass is 16.1. The topological polar surface area (TPSA) is 56.0 Å². The molecule has 0 spiro atoms. The second kappa shape index (κ2) is 3.78. The number of nitrogens with two attached hydrogens (primary N) is 1. The van der Waals surface area contributed by atoms with E-state index in [-0.39, 0.29) is 5.92 Å². The molecule has 0 radical (unpaired) electrons. The van der Waals surface area contributed by atoms with Crippen LogP contribution in [0.2, 0.25) is 0 Å². The standard InChI is InChI=1S/C11H14N2O/c12-11-9(5-2-6-13-11)7-10(14)8-3-1-4-8/h2,5-6,8H,1,3-4,7H2,(H2,12,13). The molecule has 1 aliphatic carbocycles. The molecule has 1 aromatic rings.